The molecule has 0 aliphatic heterocycles. The van der Waals surface area contributed by atoms with Gasteiger partial charge in [0.2, 0.25) is 0 Å². The Kier molecular flexibility index (Phi) is 6.71. The van der Waals surface area contributed by atoms with Crippen molar-refractivity contribution in [2.45, 2.75) is 6.42 Å². The average molecular weight is 294 g/mol. The second-order valence-electron chi connectivity index (χ2n) is 3.89. The highest BCUT2D eigenvalue weighted by atomic mass is 19.1. The fraction of sp³-hybridized carbons (Fsp3) is 0.286. The van der Waals surface area contributed by atoms with Crippen molar-refractivity contribution in [3.05, 3.63) is 35.1 Å². The normalized spacial score (nSPS) is 9.43. The molecule has 0 atom stereocenters. The van der Waals surface area contributed by atoms with Crippen LogP contribution in [0, 0.1) is 17.7 Å². The molecule has 21 heavy (non-hydrogen) atoms. The van der Waals surface area contributed by atoms with E-state index in [1.807, 2.05) is 0 Å². The van der Waals surface area contributed by atoms with Gasteiger partial charge in [-0.25, -0.2) is 9.18 Å². The van der Waals surface area contributed by atoms with Crippen LogP contribution in [0.5, 0.6) is 0 Å². The monoisotopic (exact) mass is 294 g/mol. The number of amides is 2. The van der Waals surface area contributed by atoms with Crippen molar-refractivity contribution in [2.75, 3.05) is 19.8 Å². The molecule has 0 aliphatic rings. The minimum absolute atomic E-state index is 0.0617. The summed E-state index contributed by atoms with van der Waals surface area (Å²) in [5.74, 6) is 4.26. The maximum Gasteiger partial charge on any atom is 0.404 e. The SMILES string of the molecule is NC(=O)OCCNC(=O)c1ccc(F)cc1C#CCCO. The Labute approximate surface area is 121 Å². The van der Waals surface area contributed by atoms with Crippen molar-refractivity contribution >= 4 is 12.0 Å². The van der Waals surface area contributed by atoms with Crippen molar-refractivity contribution in [3.63, 3.8) is 0 Å². The van der Waals surface area contributed by atoms with Crippen LogP contribution in [0.15, 0.2) is 18.2 Å². The number of aliphatic hydroxyl groups excluding tert-OH is 1. The van der Waals surface area contributed by atoms with Crippen LogP contribution in [0.2, 0.25) is 0 Å². The van der Waals surface area contributed by atoms with Crippen LogP contribution in [0.3, 0.4) is 0 Å². The molecule has 1 aromatic rings. The van der Waals surface area contributed by atoms with Gasteiger partial charge in [-0.1, -0.05) is 11.8 Å². The first-order valence-electron chi connectivity index (χ1n) is 6.14. The van der Waals surface area contributed by atoms with Crippen molar-refractivity contribution in [3.8, 4) is 11.8 Å². The van der Waals surface area contributed by atoms with Crippen LogP contribution in [0.1, 0.15) is 22.3 Å². The smallest absolute Gasteiger partial charge is 0.404 e. The van der Waals surface area contributed by atoms with Crippen LogP contribution in [-0.4, -0.2) is 36.9 Å². The fourth-order valence-corrected chi connectivity index (χ4v) is 1.44. The molecule has 1 aromatic carbocycles. The molecule has 0 unspecified atom stereocenters. The van der Waals surface area contributed by atoms with Gasteiger partial charge in [0.15, 0.2) is 0 Å². The third-order valence-electron chi connectivity index (χ3n) is 2.32. The highest BCUT2D eigenvalue weighted by Crippen LogP contribution is 2.10. The number of aliphatic hydroxyl groups is 1. The second-order valence-corrected chi connectivity index (χ2v) is 3.89. The lowest BCUT2D eigenvalue weighted by atomic mass is 10.1. The molecule has 6 nitrogen and oxygen atoms in total. The van der Waals surface area contributed by atoms with E-state index in [2.05, 4.69) is 21.9 Å². The van der Waals surface area contributed by atoms with Gasteiger partial charge in [-0.2, -0.15) is 0 Å². The lowest BCUT2D eigenvalue weighted by Gasteiger charge is -2.07. The number of hydrogen-bond donors (Lipinski definition) is 3. The van der Waals surface area contributed by atoms with Gasteiger partial charge in [0, 0.05) is 12.0 Å². The molecule has 1 rings (SSSR count). The van der Waals surface area contributed by atoms with Gasteiger partial charge in [-0.15, -0.1) is 0 Å². The molecule has 112 valence electrons. The van der Waals surface area contributed by atoms with Gasteiger partial charge in [-0.05, 0) is 18.2 Å². The summed E-state index contributed by atoms with van der Waals surface area (Å²) in [6.45, 7) is -0.106. The predicted molar refractivity (Wildman–Crippen MR) is 72.8 cm³/mol. The summed E-state index contributed by atoms with van der Waals surface area (Å²) in [6, 6.07) is 3.59. The van der Waals surface area contributed by atoms with Gasteiger partial charge in [0.05, 0.1) is 18.7 Å². The zero-order chi connectivity index (χ0) is 15.7. The molecule has 0 saturated carbocycles. The Morgan fingerprint density at radius 3 is 2.86 bits per heavy atom. The van der Waals surface area contributed by atoms with Gasteiger partial charge < -0.3 is 20.9 Å². The molecule has 0 saturated heterocycles. The van der Waals surface area contributed by atoms with Crippen molar-refractivity contribution in [1.82, 2.24) is 5.32 Å². The molecule has 0 bridgehead atoms. The summed E-state index contributed by atoms with van der Waals surface area (Å²) in [4.78, 5) is 22.3. The molecule has 0 aromatic heterocycles. The number of hydrogen-bond acceptors (Lipinski definition) is 4. The first-order chi connectivity index (χ1) is 10.0. The number of rotatable bonds is 5. The summed E-state index contributed by atoms with van der Waals surface area (Å²) >= 11 is 0. The van der Waals surface area contributed by atoms with Crippen molar-refractivity contribution < 1.29 is 23.8 Å². The predicted octanol–water partition coefficient (Wildman–Crippen LogP) is 0.385. The highest BCUT2D eigenvalue weighted by molar-refractivity contribution is 5.96. The minimum Gasteiger partial charge on any atom is -0.448 e. The summed E-state index contributed by atoms with van der Waals surface area (Å²) in [7, 11) is 0. The number of benzene rings is 1. The Morgan fingerprint density at radius 1 is 1.43 bits per heavy atom. The number of ether oxygens (including phenoxy) is 1. The first kappa shape index (κ1) is 16.5. The lowest BCUT2D eigenvalue weighted by Crippen LogP contribution is -2.29. The third-order valence-corrected chi connectivity index (χ3v) is 2.32. The summed E-state index contributed by atoms with van der Waals surface area (Å²) in [5.41, 5.74) is 5.19. The Hall–Kier alpha value is -2.59. The average Bonchev–Trinajstić information content (AvgIpc) is 2.43. The Morgan fingerprint density at radius 2 is 2.19 bits per heavy atom. The van der Waals surface area contributed by atoms with E-state index in [9.17, 15) is 14.0 Å². The van der Waals surface area contributed by atoms with E-state index >= 15 is 0 Å². The highest BCUT2D eigenvalue weighted by Gasteiger charge is 2.10. The molecule has 7 heteroatoms. The fourth-order valence-electron chi connectivity index (χ4n) is 1.44. The topological polar surface area (TPSA) is 102 Å². The Bertz CT molecular complexity index is 578. The van der Waals surface area contributed by atoms with E-state index in [4.69, 9.17) is 10.8 Å². The van der Waals surface area contributed by atoms with Crippen LogP contribution >= 0.6 is 0 Å². The zero-order valence-corrected chi connectivity index (χ0v) is 11.2. The molecule has 0 spiro atoms. The first-order valence-corrected chi connectivity index (χ1v) is 6.14. The summed E-state index contributed by atoms with van der Waals surface area (Å²) < 4.78 is 17.7. The third kappa shape index (κ3) is 5.93. The largest absolute Gasteiger partial charge is 0.448 e. The zero-order valence-electron chi connectivity index (χ0n) is 11.2. The van der Waals surface area contributed by atoms with Gasteiger partial charge in [0.1, 0.15) is 12.4 Å². The number of nitrogens with one attached hydrogen (secondary N) is 1. The minimum atomic E-state index is -0.929. The van der Waals surface area contributed by atoms with Gasteiger partial charge in [-0.3, -0.25) is 4.79 Å². The standard InChI is InChI=1S/C14H15FN2O4/c15-11-4-5-12(10(9-11)3-1-2-7-18)13(19)17-6-8-21-14(16)20/h4-5,9,18H,2,6-8H2,(H2,16,20)(H,17,19). The van der Waals surface area contributed by atoms with Crippen molar-refractivity contribution in [1.29, 1.82) is 0 Å². The van der Waals surface area contributed by atoms with E-state index in [-0.39, 0.29) is 37.3 Å². The molecule has 4 N–H and O–H groups in total. The number of halogens is 1. The van der Waals surface area contributed by atoms with E-state index in [0.717, 1.165) is 12.1 Å². The molecule has 0 fully saturated rings. The molecular weight excluding hydrogens is 279 g/mol. The van der Waals surface area contributed by atoms with Crippen LogP contribution in [-0.2, 0) is 4.74 Å². The number of carbonyl (C=O) groups is 2. The Balaban J connectivity index is 2.74. The second kappa shape index (κ2) is 8.55. The summed E-state index contributed by atoms with van der Waals surface area (Å²) in [5, 5.41) is 11.2. The van der Waals surface area contributed by atoms with Crippen LogP contribution in [0.25, 0.3) is 0 Å². The van der Waals surface area contributed by atoms with E-state index < -0.39 is 17.8 Å². The quantitative estimate of drug-likeness (QED) is 0.540. The number of carbonyl (C=O) groups excluding carboxylic acids is 2. The van der Waals surface area contributed by atoms with Crippen LogP contribution in [0.4, 0.5) is 9.18 Å². The molecule has 0 heterocycles. The number of primary amides is 1. The molecular formula is C14H15FN2O4. The van der Waals surface area contributed by atoms with E-state index in [1.165, 1.54) is 6.07 Å². The molecule has 2 amide bonds. The molecule has 0 aliphatic carbocycles. The lowest BCUT2D eigenvalue weighted by molar-refractivity contribution is 0.0936. The van der Waals surface area contributed by atoms with Crippen LogP contribution < -0.4 is 11.1 Å². The van der Waals surface area contributed by atoms with Gasteiger partial charge >= 0.3 is 6.09 Å². The molecule has 0 radical (unpaired) electrons. The van der Waals surface area contributed by atoms with Gasteiger partial charge in [0.25, 0.3) is 5.91 Å². The number of nitrogens with two attached hydrogens (primary N) is 1. The van der Waals surface area contributed by atoms with Crippen molar-refractivity contribution in [2.24, 2.45) is 5.73 Å². The maximum atomic E-state index is 13.2. The summed E-state index contributed by atoms with van der Waals surface area (Å²) in [6.07, 6.45) is -0.703. The maximum absolute atomic E-state index is 13.2. The van der Waals surface area contributed by atoms with E-state index in [0.29, 0.717) is 0 Å². The van der Waals surface area contributed by atoms with E-state index in [1.54, 1.807) is 0 Å².